The Morgan fingerprint density at radius 3 is 2.80 bits per heavy atom. The van der Waals surface area contributed by atoms with E-state index in [4.69, 9.17) is 22.6 Å². The standard InChI is InChI=1S/C10H9ClN2O2/c1-15-10(14)8-3-6(4-12)2-7(5-13)9(8)11/h2-3H,4,12H2,1H3. The summed E-state index contributed by atoms with van der Waals surface area (Å²) in [6, 6.07) is 4.97. The number of benzene rings is 1. The first-order chi connectivity index (χ1) is 7.13. The maximum atomic E-state index is 11.3. The van der Waals surface area contributed by atoms with Gasteiger partial charge in [-0.25, -0.2) is 4.79 Å². The Morgan fingerprint density at radius 1 is 1.67 bits per heavy atom. The highest BCUT2D eigenvalue weighted by atomic mass is 35.5. The number of halogens is 1. The molecule has 0 aliphatic rings. The van der Waals surface area contributed by atoms with Gasteiger partial charge in [0.25, 0.3) is 0 Å². The van der Waals surface area contributed by atoms with Crippen LogP contribution in [-0.4, -0.2) is 13.1 Å². The fraction of sp³-hybridized carbons (Fsp3) is 0.200. The lowest BCUT2D eigenvalue weighted by atomic mass is 10.1. The Balaban J connectivity index is 3.38. The molecule has 2 N–H and O–H groups in total. The molecule has 0 spiro atoms. The van der Waals surface area contributed by atoms with Crippen LogP contribution < -0.4 is 5.73 Å². The normalized spacial score (nSPS) is 9.47. The monoisotopic (exact) mass is 224 g/mol. The van der Waals surface area contributed by atoms with Crippen molar-refractivity contribution in [3.05, 3.63) is 33.8 Å². The highest BCUT2D eigenvalue weighted by Crippen LogP contribution is 2.23. The maximum Gasteiger partial charge on any atom is 0.339 e. The number of ether oxygens (including phenoxy) is 1. The largest absolute Gasteiger partial charge is 0.465 e. The topological polar surface area (TPSA) is 76.1 Å². The van der Waals surface area contributed by atoms with Crippen LogP contribution in [0.1, 0.15) is 21.5 Å². The van der Waals surface area contributed by atoms with E-state index < -0.39 is 5.97 Å². The second-order valence-corrected chi connectivity index (χ2v) is 3.19. The van der Waals surface area contributed by atoms with Crippen LogP contribution in [0.25, 0.3) is 0 Å². The summed E-state index contributed by atoms with van der Waals surface area (Å²) in [6.45, 7) is 0.232. The van der Waals surface area contributed by atoms with E-state index in [1.54, 1.807) is 6.07 Å². The van der Waals surface area contributed by atoms with Crippen LogP contribution in [0.2, 0.25) is 5.02 Å². The zero-order valence-corrected chi connectivity index (χ0v) is 8.84. The van der Waals surface area contributed by atoms with Crippen molar-refractivity contribution in [2.24, 2.45) is 5.73 Å². The van der Waals surface area contributed by atoms with E-state index in [-0.39, 0.29) is 22.7 Å². The molecule has 0 bridgehead atoms. The molecule has 0 fully saturated rings. The van der Waals surface area contributed by atoms with Gasteiger partial charge in [0.05, 0.1) is 23.3 Å². The van der Waals surface area contributed by atoms with Gasteiger partial charge in [-0.05, 0) is 17.7 Å². The Bertz CT molecular complexity index is 438. The van der Waals surface area contributed by atoms with Gasteiger partial charge in [-0.15, -0.1) is 0 Å². The lowest BCUT2D eigenvalue weighted by Gasteiger charge is -2.06. The van der Waals surface area contributed by atoms with Gasteiger partial charge in [-0.2, -0.15) is 5.26 Å². The minimum absolute atomic E-state index is 0.0987. The number of nitrogens with two attached hydrogens (primary N) is 1. The van der Waals surface area contributed by atoms with Gasteiger partial charge >= 0.3 is 5.97 Å². The van der Waals surface area contributed by atoms with E-state index in [0.717, 1.165) is 0 Å². The molecule has 0 saturated carbocycles. The predicted molar refractivity (Wildman–Crippen MR) is 55.4 cm³/mol. The number of nitrogens with zero attached hydrogens (tertiary/aromatic N) is 1. The molecule has 0 aliphatic carbocycles. The van der Waals surface area contributed by atoms with E-state index in [2.05, 4.69) is 4.74 Å². The summed E-state index contributed by atoms with van der Waals surface area (Å²) in [5, 5.41) is 8.89. The lowest BCUT2D eigenvalue weighted by Crippen LogP contribution is -2.06. The van der Waals surface area contributed by atoms with Gasteiger partial charge in [0, 0.05) is 6.54 Å². The van der Waals surface area contributed by atoms with Crippen LogP contribution in [0.15, 0.2) is 12.1 Å². The van der Waals surface area contributed by atoms with Crippen LogP contribution in [0.5, 0.6) is 0 Å². The first-order valence-electron chi connectivity index (χ1n) is 4.15. The quantitative estimate of drug-likeness (QED) is 0.772. The molecule has 0 radical (unpaired) electrons. The number of rotatable bonds is 2. The predicted octanol–water partition coefficient (Wildman–Crippen LogP) is 1.46. The van der Waals surface area contributed by atoms with E-state index in [0.29, 0.717) is 5.56 Å². The maximum absolute atomic E-state index is 11.3. The molecule has 0 unspecified atom stereocenters. The second-order valence-electron chi connectivity index (χ2n) is 2.81. The first-order valence-corrected chi connectivity index (χ1v) is 4.52. The fourth-order valence-electron chi connectivity index (χ4n) is 1.14. The number of hydrogen-bond donors (Lipinski definition) is 1. The molecule has 5 heteroatoms. The number of esters is 1. The highest BCUT2D eigenvalue weighted by molar-refractivity contribution is 6.34. The van der Waals surface area contributed by atoms with E-state index >= 15 is 0 Å². The van der Waals surface area contributed by atoms with Crippen molar-refractivity contribution in [3.63, 3.8) is 0 Å². The Labute approximate surface area is 92.2 Å². The smallest absolute Gasteiger partial charge is 0.339 e. The van der Waals surface area contributed by atoms with E-state index in [1.165, 1.54) is 13.2 Å². The minimum atomic E-state index is -0.577. The molecule has 0 aliphatic heterocycles. The van der Waals surface area contributed by atoms with Crippen LogP contribution in [-0.2, 0) is 11.3 Å². The molecule has 0 saturated heterocycles. The summed E-state index contributed by atoms with van der Waals surface area (Å²) in [5.41, 5.74) is 6.48. The van der Waals surface area contributed by atoms with Crippen molar-refractivity contribution in [1.29, 1.82) is 5.26 Å². The second kappa shape index (κ2) is 4.78. The molecular formula is C10H9ClN2O2. The summed E-state index contributed by atoms with van der Waals surface area (Å²) in [5.74, 6) is -0.577. The minimum Gasteiger partial charge on any atom is -0.465 e. The van der Waals surface area contributed by atoms with Crippen molar-refractivity contribution >= 4 is 17.6 Å². The molecule has 0 aromatic heterocycles. The van der Waals surface area contributed by atoms with Crippen molar-refractivity contribution in [2.45, 2.75) is 6.54 Å². The molecule has 1 rings (SSSR count). The SMILES string of the molecule is COC(=O)c1cc(CN)cc(C#N)c1Cl. The zero-order chi connectivity index (χ0) is 11.4. The number of nitriles is 1. The fourth-order valence-corrected chi connectivity index (χ4v) is 1.37. The Kier molecular flexibility index (Phi) is 3.67. The van der Waals surface area contributed by atoms with Gasteiger partial charge in [-0.3, -0.25) is 0 Å². The third-order valence-electron chi connectivity index (χ3n) is 1.89. The molecule has 15 heavy (non-hydrogen) atoms. The Hall–Kier alpha value is -1.57. The average Bonchev–Trinajstić information content (AvgIpc) is 2.28. The molecule has 0 atom stereocenters. The molecule has 4 nitrogen and oxygen atoms in total. The lowest BCUT2D eigenvalue weighted by molar-refractivity contribution is 0.0601. The van der Waals surface area contributed by atoms with Gasteiger partial charge in [0.2, 0.25) is 0 Å². The van der Waals surface area contributed by atoms with Crippen molar-refractivity contribution in [3.8, 4) is 6.07 Å². The summed E-state index contributed by atoms with van der Waals surface area (Å²) < 4.78 is 4.54. The van der Waals surface area contributed by atoms with Crippen LogP contribution in [0.3, 0.4) is 0 Å². The zero-order valence-electron chi connectivity index (χ0n) is 8.08. The summed E-state index contributed by atoms with van der Waals surface area (Å²) in [7, 11) is 1.25. The molecular weight excluding hydrogens is 216 g/mol. The molecule has 0 amide bonds. The number of carbonyl (C=O) groups excluding carboxylic acids is 1. The first kappa shape index (κ1) is 11.5. The van der Waals surface area contributed by atoms with E-state index in [1.807, 2.05) is 6.07 Å². The van der Waals surface area contributed by atoms with Crippen LogP contribution in [0, 0.1) is 11.3 Å². The third kappa shape index (κ3) is 2.27. The van der Waals surface area contributed by atoms with Crippen molar-refractivity contribution in [1.82, 2.24) is 0 Å². The molecule has 78 valence electrons. The number of hydrogen-bond acceptors (Lipinski definition) is 4. The average molecular weight is 225 g/mol. The van der Waals surface area contributed by atoms with Gasteiger partial charge < -0.3 is 10.5 Å². The van der Waals surface area contributed by atoms with Gasteiger partial charge in [0.1, 0.15) is 6.07 Å². The Morgan fingerprint density at radius 2 is 2.33 bits per heavy atom. The summed E-state index contributed by atoms with van der Waals surface area (Å²) in [4.78, 5) is 11.3. The third-order valence-corrected chi connectivity index (χ3v) is 2.30. The number of carbonyl (C=O) groups is 1. The number of methoxy groups -OCH3 is 1. The van der Waals surface area contributed by atoms with Gasteiger partial charge in [0.15, 0.2) is 0 Å². The highest BCUT2D eigenvalue weighted by Gasteiger charge is 2.15. The molecule has 0 heterocycles. The molecule has 1 aromatic carbocycles. The van der Waals surface area contributed by atoms with Crippen LogP contribution >= 0.6 is 11.6 Å². The summed E-state index contributed by atoms with van der Waals surface area (Å²) in [6.07, 6.45) is 0. The van der Waals surface area contributed by atoms with Crippen LogP contribution in [0.4, 0.5) is 0 Å². The summed E-state index contributed by atoms with van der Waals surface area (Å²) >= 11 is 5.85. The van der Waals surface area contributed by atoms with Crippen molar-refractivity contribution in [2.75, 3.05) is 7.11 Å². The van der Waals surface area contributed by atoms with Crippen molar-refractivity contribution < 1.29 is 9.53 Å². The molecule has 1 aromatic rings. The van der Waals surface area contributed by atoms with Gasteiger partial charge in [-0.1, -0.05) is 11.6 Å². The van der Waals surface area contributed by atoms with E-state index in [9.17, 15) is 4.79 Å².